The normalized spacial score (nSPS) is 20.2. The van der Waals surface area contributed by atoms with E-state index in [0.29, 0.717) is 13.1 Å². The third kappa shape index (κ3) is 8.73. The third-order valence-corrected chi connectivity index (χ3v) is 4.38. The van der Waals surface area contributed by atoms with Crippen molar-refractivity contribution >= 4 is 12.2 Å². The number of hydrogen-bond acceptors (Lipinski definition) is 5. The van der Waals surface area contributed by atoms with E-state index in [1.54, 1.807) is 0 Å². The lowest BCUT2D eigenvalue weighted by Crippen LogP contribution is -2.46. The van der Waals surface area contributed by atoms with Gasteiger partial charge in [0.15, 0.2) is 0 Å². The molecule has 0 unspecified atom stereocenters. The SMILES string of the molecule is CC(C)(C)OC(=O)NC[C@H]1CN(Cc2ccccc2)C[C@H]1NC(=O)OC(C)(C)C. The zero-order chi connectivity index (χ0) is 21.7. The fourth-order valence-corrected chi connectivity index (χ4v) is 3.29. The molecular formula is C22H35N3O4. The molecule has 0 radical (unpaired) electrons. The maximum atomic E-state index is 12.3. The van der Waals surface area contributed by atoms with Crippen molar-refractivity contribution < 1.29 is 19.1 Å². The van der Waals surface area contributed by atoms with Crippen molar-refractivity contribution in [3.8, 4) is 0 Å². The predicted molar refractivity (Wildman–Crippen MR) is 113 cm³/mol. The number of hydrogen-bond donors (Lipinski definition) is 2. The molecule has 1 fully saturated rings. The van der Waals surface area contributed by atoms with E-state index >= 15 is 0 Å². The van der Waals surface area contributed by atoms with Crippen LogP contribution in [0.25, 0.3) is 0 Å². The van der Waals surface area contributed by atoms with Gasteiger partial charge in [0.1, 0.15) is 11.2 Å². The van der Waals surface area contributed by atoms with E-state index in [4.69, 9.17) is 9.47 Å². The van der Waals surface area contributed by atoms with Crippen LogP contribution in [0.3, 0.4) is 0 Å². The molecule has 0 aliphatic carbocycles. The maximum Gasteiger partial charge on any atom is 0.407 e. The second-order valence-corrected chi connectivity index (χ2v) is 9.58. The van der Waals surface area contributed by atoms with Crippen LogP contribution in [0.5, 0.6) is 0 Å². The fraction of sp³-hybridized carbons (Fsp3) is 0.636. The van der Waals surface area contributed by atoms with Gasteiger partial charge in [0.25, 0.3) is 0 Å². The number of likely N-dealkylation sites (tertiary alicyclic amines) is 1. The van der Waals surface area contributed by atoms with Crippen molar-refractivity contribution in [3.63, 3.8) is 0 Å². The maximum absolute atomic E-state index is 12.3. The monoisotopic (exact) mass is 405 g/mol. The molecule has 1 aromatic carbocycles. The number of amides is 2. The molecular weight excluding hydrogens is 370 g/mol. The fourth-order valence-electron chi connectivity index (χ4n) is 3.29. The van der Waals surface area contributed by atoms with Gasteiger partial charge in [0.05, 0.1) is 6.04 Å². The Balaban J connectivity index is 1.98. The highest BCUT2D eigenvalue weighted by Gasteiger charge is 2.35. The topological polar surface area (TPSA) is 79.9 Å². The molecule has 2 rings (SSSR count). The van der Waals surface area contributed by atoms with Crippen molar-refractivity contribution in [2.75, 3.05) is 19.6 Å². The Hall–Kier alpha value is -2.28. The van der Waals surface area contributed by atoms with Gasteiger partial charge in [-0.15, -0.1) is 0 Å². The van der Waals surface area contributed by atoms with Gasteiger partial charge in [-0.25, -0.2) is 9.59 Å². The summed E-state index contributed by atoms with van der Waals surface area (Å²) in [5.41, 5.74) is 0.105. The Labute approximate surface area is 174 Å². The number of nitrogens with zero attached hydrogens (tertiary/aromatic N) is 1. The van der Waals surface area contributed by atoms with Gasteiger partial charge >= 0.3 is 12.2 Å². The molecule has 7 heteroatoms. The summed E-state index contributed by atoms with van der Waals surface area (Å²) in [6.45, 7) is 13.7. The molecule has 29 heavy (non-hydrogen) atoms. The minimum atomic E-state index is -0.559. The van der Waals surface area contributed by atoms with Crippen LogP contribution in [-0.4, -0.2) is 54.0 Å². The second-order valence-electron chi connectivity index (χ2n) is 9.58. The second kappa shape index (κ2) is 9.48. The van der Waals surface area contributed by atoms with E-state index in [-0.39, 0.29) is 12.0 Å². The third-order valence-electron chi connectivity index (χ3n) is 4.38. The van der Waals surface area contributed by atoms with Crippen LogP contribution in [0, 0.1) is 5.92 Å². The Kier molecular flexibility index (Phi) is 7.52. The molecule has 0 aromatic heterocycles. The number of alkyl carbamates (subject to hydrolysis) is 2. The standard InChI is InChI=1S/C22H35N3O4/c1-21(2,3)28-19(26)23-12-17-14-25(13-16-10-8-7-9-11-16)15-18(17)24-20(27)29-22(4,5)6/h7-11,17-18H,12-15H2,1-6H3,(H,23,26)(H,24,27)/t17-,18+/m0/s1. The van der Waals surface area contributed by atoms with Crippen LogP contribution in [-0.2, 0) is 16.0 Å². The molecule has 2 N–H and O–H groups in total. The molecule has 2 amide bonds. The quantitative estimate of drug-likeness (QED) is 0.783. The van der Waals surface area contributed by atoms with Crippen LogP contribution in [0.15, 0.2) is 30.3 Å². The molecule has 1 aliphatic rings. The lowest BCUT2D eigenvalue weighted by atomic mass is 10.0. The lowest BCUT2D eigenvalue weighted by molar-refractivity contribution is 0.0490. The van der Waals surface area contributed by atoms with E-state index in [0.717, 1.165) is 13.1 Å². The molecule has 1 aromatic rings. The minimum Gasteiger partial charge on any atom is -0.444 e. The molecule has 1 heterocycles. The number of nitrogens with one attached hydrogen (secondary N) is 2. The molecule has 0 bridgehead atoms. The van der Waals surface area contributed by atoms with Crippen molar-refractivity contribution in [2.24, 2.45) is 5.92 Å². The highest BCUT2D eigenvalue weighted by atomic mass is 16.6. The first kappa shape index (κ1) is 23.0. The highest BCUT2D eigenvalue weighted by molar-refractivity contribution is 5.69. The van der Waals surface area contributed by atoms with E-state index in [2.05, 4.69) is 27.7 Å². The summed E-state index contributed by atoms with van der Waals surface area (Å²) in [5.74, 6) is 0.0544. The summed E-state index contributed by atoms with van der Waals surface area (Å²) in [5, 5.41) is 5.82. The van der Waals surface area contributed by atoms with Gasteiger partial charge in [-0.05, 0) is 47.1 Å². The van der Waals surface area contributed by atoms with Gasteiger partial charge in [0, 0.05) is 32.1 Å². The Morgan fingerprint density at radius 2 is 1.55 bits per heavy atom. The van der Waals surface area contributed by atoms with Crippen LogP contribution in [0.4, 0.5) is 9.59 Å². The summed E-state index contributed by atoms with van der Waals surface area (Å²) < 4.78 is 10.7. The van der Waals surface area contributed by atoms with Gasteiger partial charge < -0.3 is 20.1 Å². The first-order valence-electron chi connectivity index (χ1n) is 10.1. The summed E-state index contributed by atoms with van der Waals surface area (Å²) in [4.78, 5) is 26.6. The van der Waals surface area contributed by atoms with Gasteiger partial charge in [-0.3, -0.25) is 4.90 Å². The lowest BCUT2D eigenvalue weighted by Gasteiger charge is -2.25. The van der Waals surface area contributed by atoms with E-state index in [9.17, 15) is 9.59 Å². The van der Waals surface area contributed by atoms with Gasteiger partial charge in [0.2, 0.25) is 0 Å². The average molecular weight is 406 g/mol. The number of ether oxygens (including phenoxy) is 2. The summed E-state index contributed by atoms with van der Waals surface area (Å²) in [6, 6.07) is 10.1. The van der Waals surface area contributed by atoms with E-state index in [1.807, 2.05) is 59.7 Å². The molecule has 7 nitrogen and oxygen atoms in total. The smallest absolute Gasteiger partial charge is 0.407 e. The molecule has 1 aliphatic heterocycles. The zero-order valence-electron chi connectivity index (χ0n) is 18.5. The highest BCUT2D eigenvalue weighted by Crippen LogP contribution is 2.20. The summed E-state index contributed by atoms with van der Waals surface area (Å²) in [7, 11) is 0. The first-order valence-corrected chi connectivity index (χ1v) is 10.1. The number of carbonyl (C=O) groups is 2. The number of rotatable bonds is 5. The van der Waals surface area contributed by atoms with Crippen molar-refractivity contribution in [3.05, 3.63) is 35.9 Å². The Bertz CT molecular complexity index is 680. The Morgan fingerprint density at radius 3 is 2.14 bits per heavy atom. The average Bonchev–Trinajstić information content (AvgIpc) is 2.91. The summed E-state index contributed by atoms with van der Waals surface area (Å²) in [6.07, 6.45) is -0.888. The van der Waals surface area contributed by atoms with E-state index < -0.39 is 23.4 Å². The first-order chi connectivity index (χ1) is 13.4. The molecule has 2 atom stereocenters. The van der Waals surface area contributed by atoms with Gasteiger partial charge in [-0.2, -0.15) is 0 Å². The molecule has 0 saturated carbocycles. The Morgan fingerprint density at radius 1 is 0.966 bits per heavy atom. The predicted octanol–water partition coefficient (Wildman–Crippen LogP) is 3.54. The molecule has 1 saturated heterocycles. The van der Waals surface area contributed by atoms with Crippen LogP contribution in [0.1, 0.15) is 47.1 Å². The summed E-state index contributed by atoms with van der Waals surface area (Å²) >= 11 is 0. The van der Waals surface area contributed by atoms with Crippen molar-refractivity contribution in [2.45, 2.75) is 65.3 Å². The van der Waals surface area contributed by atoms with Crippen molar-refractivity contribution in [1.82, 2.24) is 15.5 Å². The number of benzene rings is 1. The molecule has 162 valence electrons. The van der Waals surface area contributed by atoms with Crippen LogP contribution >= 0.6 is 0 Å². The zero-order valence-corrected chi connectivity index (χ0v) is 18.5. The number of carbonyl (C=O) groups excluding carboxylic acids is 2. The van der Waals surface area contributed by atoms with Crippen LogP contribution in [0.2, 0.25) is 0 Å². The van der Waals surface area contributed by atoms with Gasteiger partial charge in [-0.1, -0.05) is 30.3 Å². The minimum absolute atomic E-state index is 0.0544. The molecule has 0 spiro atoms. The van der Waals surface area contributed by atoms with Crippen molar-refractivity contribution in [1.29, 1.82) is 0 Å². The van der Waals surface area contributed by atoms with Crippen LogP contribution < -0.4 is 10.6 Å². The largest absolute Gasteiger partial charge is 0.444 e. The van der Waals surface area contributed by atoms with E-state index in [1.165, 1.54) is 5.56 Å².